The standard InChI is InChI=1S/C12H23FO2/c1-5-7-9-8(3)11(13)10(6-2)15-12(9)14-4/h8-12H,5-7H2,1-4H3. The summed E-state index contributed by atoms with van der Waals surface area (Å²) in [6.45, 7) is 6.04. The zero-order chi connectivity index (χ0) is 11.4. The van der Waals surface area contributed by atoms with Crippen molar-refractivity contribution in [2.75, 3.05) is 7.11 Å². The van der Waals surface area contributed by atoms with Crippen LogP contribution < -0.4 is 0 Å². The van der Waals surface area contributed by atoms with Gasteiger partial charge in [0.15, 0.2) is 6.29 Å². The predicted molar refractivity (Wildman–Crippen MR) is 58.4 cm³/mol. The minimum absolute atomic E-state index is 0.0357. The maximum atomic E-state index is 13.9. The number of hydrogen-bond acceptors (Lipinski definition) is 2. The molecule has 1 saturated heterocycles. The molecule has 0 aliphatic carbocycles. The fourth-order valence-electron chi connectivity index (χ4n) is 2.45. The minimum Gasteiger partial charge on any atom is -0.356 e. The fourth-order valence-corrected chi connectivity index (χ4v) is 2.45. The quantitative estimate of drug-likeness (QED) is 0.721. The molecule has 0 amide bonds. The van der Waals surface area contributed by atoms with Crippen molar-refractivity contribution < 1.29 is 13.9 Å². The first-order valence-corrected chi connectivity index (χ1v) is 5.97. The summed E-state index contributed by atoms with van der Waals surface area (Å²) >= 11 is 0. The number of rotatable bonds is 4. The molecule has 1 aliphatic rings. The summed E-state index contributed by atoms with van der Waals surface area (Å²) in [4.78, 5) is 0. The van der Waals surface area contributed by atoms with E-state index in [0.29, 0.717) is 6.42 Å². The van der Waals surface area contributed by atoms with Gasteiger partial charge >= 0.3 is 0 Å². The Morgan fingerprint density at radius 3 is 2.47 bits per heavy atom. The molecule has 15 heavy (non-hydrogen) atoms. The highest BCUT2D eigenvalue weighted by Crippen LogP contribution is 2.36. The molecule has 1 aliphatic heterocycles. The van der Waals surface area contributed by atoms with Crippen LogP contribution in [-0.4, -0.2) is 25.7 Å². The Balaban J connectivity index is 2.70. The lowest BCUT2D eigenvalue weighted by Crippen LogP contribution is -2.48. The van der Waals surface area contributed by atoms with E-state index >= 15 is 0 Å². The maximum absolute atomic E-state index is 13.9. The zero-order valence-electron chi connectivity index (χ0n) is 10.2. The summed E-state index contributed by atoms with van der Waals surface area (Å²) in [7, 11) is 1.64. The lowest BCUT2D eigenvalue weighted by Gasteiger charge is -2.42. The summed E-state index contributed by atoms with van der Waals surface area (Å²) < 4.78 is 24.9. The van der Waals surface area contributed by atoms with Gasteiger partial charge < -0.3 is 9.47 Å². The SMILES string of the molecule is CCCC1C(OC)OC(CC)C(F)C1C. The Morgan fingerprint density at radius 1 is 1.33 bits per heavy atom. The molecule has 0 bridgehead atoms. The first-order chi connectivity index (χ1) is 7.15. The van der Waals surface area contributed by atoms with E-state index in [0.717, 1.165) is 12.8 Å². The van der Waals surface area contributed by atoms with E-state index < -0.39 is 6.17 Å². The molecule has 90 valence electrons. The van der Waals surface area contributed by atoms with Crippen LogP contribution in [0.4, 0.5) is 4.39 Å². The van der Waals surface area contributed by atoms with E-state index in [1.54, 1.807) is 7.11 Å². The van der Waals surface area contributed by atoms with Crippen molar-refractivity contribution in [3.8, 4) is 0 Å². The van der Waals surface area contributed by atoms with Crippen molar-refractivity contribution in [3.63, 3.8) is 0 Å². The van der Waals surface area contributed by atoms with Crippen molar-refractivity contribution in [2.45, 2.75) is 58.6 Å². The maximum Gasteiger partial charge on any atom is 0.160 e. The second kappa shape index (κ2) is 5.80. The zero-order valence-corrected chi connectivity index (χ0v) is 10.2. The van der Waals surface area contributed by atoms with Crippen LogP contribution in [0.1, 0.15) is 40.0 Å². The molecule has 1 fully saturated rings. The number of hydrogen-bond donors (Lipinski definition) is 0. The molecule has 0 aromatic rings. The average molecular weight is 218 g/mol. The highest BCUT2D eigenvalue weighted by molar-refractivity contribution is 4.86. The molecule has 0 aromatic heterocycles. The van der Waals surface area contributed by atoms with Crippen LogP contribution in [0.2, 0.25) is 0 Å². The molecule has 2 nitrogen and oxygen atoms in total. The first-order valence-electron chi connectivity index (χ1n) is 5.97. The average Bonchev–Trinajstić information content (AvgIpc) is 2.25. The Hall–Kier alpha value is -0.150. The van der Waals surface area contributed by atoms with Crippen LogP contribution in [0, 0.1) is 11.8 Å². The van der Waals surface area contributed by atoms with E-state index in [1.807, 2.05) is 13.8 Å². The van der Waals surface area contributed by atoms with Crippen LogP contribution in [-0.2, 0) is 9.47 Å². The number of ether oxygens (including phenoxy) is 2. The second-order valence-electron chi connectivity index (χ2n) is 4.44. The molecular formula is C12H23FO2. The van der Waals surface area contributed by atoms with Crippen LogP contribution in [0.25, 0.3) is 0 Å². The highest BCUT2D eigenvalue weighted by atomic mass is 19.1. The molecule has 0 aromatic carbocycles. The second-order valence-corrected chi connectivity index (χ2v) is 4.44. The normalized spacial score (nSPS) is 41.8. The molecule has 3 heteroatoms. The highest BCUT2D eigenvalue weighted by Gasteiger charge is 2.42. The van der Waals surface area contributed by atoms with Crippen molar-refractivity contribution >= 4 is 0 Å². The van der Waals surface area contributed by atoms with Gasteiger partial charge in [0.1, 0.15) is 6.17 Å². The van der Waals surface area contributed by atoms with Gasteiger partial charge in [-0.15, -0.1) is 0 Å². The van der Waals surface area contributed by atoms with Gasteiger partial charge in [-0.25, -0.2) is 4.39 Å². The molecule has 0 radical (unpaired) electrons. The van der Waals surface area contributed by atoms with E-state index in [-0.39, 0.29) is 24.2 Å². The molecule has 1 heterocycles. The summed E-state index contributed by atoms with van der Waals surface area (Å²) in [5.74, 6) is 0.228. The lowest BCUT2D eigenvalue weighted by molar-refractivity contribution is -0.247. The molecule has 1 rings (SSSR count). The molecule has 5 atom stereocenters. The van der Waals surface area contributed by atoms with Gasteiger partial charge in [-0.3, -0.25) is 0 Å². The monoisotopic (exact) mass is 218 g/mol. The third-order valence-corrected chi connectivity index (χ3v) is 3.45. The molecular weight excluding hydrogens is 195 g/mol. The predicted octanol–water partition coefficient (Wildman–Crippen LogP) is 3.16. The third kappa shape index (κ3) is 2.70. The van der Waals surface area contributed by atoms with Crippen LogP contribution in [0.5, 0.6) is 0 Å². The molecule has 0 saturated carbocycles. The van der Waals surface area contributed by atoms with Crippen LogP contribution in [0.3, 0.4) is 0 Å². The summed E-state index contributed by atoms with van der Waals surface area (Å²) in [5.41, 5.74) is 0. The van der Waals surface area contributed by atoms with Gasteiger partial charge in [0.05, 0.1) is 6.10 Å². The lowest BCUT2D eigenvalue weighted by atomic mass is 9.81. The van der Waals surface area contributed by atoms with Gasteiger partial charge in [-0.1, -0.05) is 27.2 Å². The topological polar surface area (TPSA) is 18.5 Å². The Bertz CT molecular complexity index is 184. The number of alkyl halides is 1. The van der Waals surface area contributed by atoms with E-state index in [9.17, 15) is 4.39 Å². The van der Waals surface area contributed by atoms with Gasteiger partial charge in [0.2, 0.25) is 0 Å². The van der Waals surface area contributed by atoms with Crippen LogP contribution >= 0.6 is 0 Å². The van der Waals surface area contributed by atoms with Gasteiger partial charge in [-0.2, -0.15) is 0 Å². The number of halogens is 1. The Kier molecular flexibility index (Phi) is 5.00. The summed E-state index contributed by atoms with van der Waals surface area (Å²) in [6.07, 6.45) is 1.36. The molecule has 0 spiro atoms. The van der Waals surface area contributed by atoms with E-state index in [4.69, 9.17) is 9.47 Å². The van der Waals surface area contributed by atoms with Crippen molar-refractivity contribution in [1.82, 2.24) is 0 Å². The van der Waals surface area contributed by atoms with Crippen molar-refractivity contribution in [1.29, 1.82) is 0 Å². The van der Waals surface area contributed by atoms with Crippen molar-refractivity contribution in [3.05, 3.63) is 0 Å². The smallest absolute Gasteiger partial charge is 0.160 e. The fraction of sp³-hybridized carbons (Fsp3) is 1.00. The summed E-state index contributed by atoms with van der Waals surface area (Å²) in [6, 6.07) is 0. The van der Waals surface area contributed by atoms with Gasteiger partial charge in [0, 0.05) is 13.0 Å². The van der Waals surface area contributed by atoms with Gasteiger partial charge in [-0.05, 0) is 18.8 Å². The number of methoxy groups -OCH3 is 1. The Morgan fingerprint density at radius 2 is 2.00 bits per heavy atom. The Labute approximate surface area is 92.1 Å². The van der Waals surface area contributed by atoms with E-state index in [1.165, 1.54) is 0 Å². The van der Waals surface area contributed by atoms with Crippen molar-refractivity contribution in [2.24, 2.45) is 11.8 Å². The molecule has 0 N–H and O–H groups in total. The summed E-state index contributed by atoms with van der Waals surface area (Å²) in [5, 5.41) is 0. The van der Waals surface area contributed by atoms with Gasteiger partial charge in [0.25, 0.3) is 0 Å². The minimum atomic E-state index is -0.849. The first kappa shape index (κ1) is 12.9. The van der Waals surface area contributed by atoms with E-state index in [2.05, 4.69) is 6.92 Å². The third-order valence-electron chi connectivity index (χ3n) is 3.45. The molecule has 5 unspecified atom stereocenters. The van der Waals surface area contributed by atoms with Crippen LogP contribution in [0.15, 0.2) is 0 Å². The largest absolute Gasteiger partial charge is 0.356 e.